The van der Waals surface area contributed by atoms with Gasteiger partial charge in [-0.25, -0.2) is 9.29 Å². The third-order valence-electron chi connectivity index (χ3n) is 5.13. The molecule has 6 nitrogen and oxygen atoms in total. The number of aliphatic imine (C=N–C) groups is 1. The number of benzene rings is 2. The minimum absolute atomic E-state index is 0.547. The maximum Gasteiger partial charge on any atom is 0.130 e. The van der Waals surface area contributed by atoms with Gasteiger partial charge in [0.15, 0.2) is 0 Å². The maximum absolute atomic E-state index is 6.24. The number of para-hydroxylation sites is 1. The van der Waals surface area contributed by atoms with E-state index in [9.17, 15) is 0 Å². The van der Waals surface area contributed by atoms with Crippen LogP contribution in [0.1, 0.15) is 11.1 Å². The highest BCUT2D eigenvalue weighted by Gasteiger charge is 2.29. The van der Waals surface area contributed by atoms with Crippen LogP contribution in [0.2, 0.25) is 0 Å². The average Bonchev–Trinajstić information content (AvgIpc) is 2.76. The third-order valence-corrected chi connectivity index (χ3v) is 6.21. The predicted octanol–water partition coefficient (Wildman–Crippen LogP) is 4.39. The Kier molecular flexibility index (Phi) is 6.74. The monoisotopic (exact) mass is 433 g/mol. The van der Waals surface area contributed by atoms with Gasteiger partial charge < -0.3 is 15.4 Å². The fourth-order valence-corrected chi connectivity index (χ4v) is 4.61. The van der Waals surface area contributed by atoms with Gasteiger partial charge in [0.25, 0.3) is 0 Å². The molecule has 2 N–H and O–H groups in total. The molecule has 1 aliphatic rings. The lowest BCUT2D eigenvalue weighted by Crippen LogP contribution is -2.50. The average molecular weight is 434 g/mol. The number of pyridine rings is 1. The molecule has 2 heterocycles. The summed E-state index contributed by atoms with van der Waals surface area (Å²) < 4.78 is 7.51. The zero-order valence-electron chi connectivity index (χ0n) is 17.8. The molecule has 160 valence electrons. The van der Waals surface area contributed by atoms with Crippen molar-refractivity contribution in [3.63, 3.8) is 0 Å². The number of hydrogen-bond acceptors (Lipinski definition) is 7. The molecule has 1 saturated heterocycles. The van der Waals surface area contributed by atoms with Gasteiger partial charge in [0.1, 0.15) is 11.6 Å². The van der Waals surface area contributed by atoms with Crippen LogP contribution in [-0.4, -0.2) is 48.0 Å². The second-order valence-corrected chi connectivity index (χ2v) is 9.03. The Balaban J connectivity index is 1.27. The van der Waals surface area contributed by atoms with Gasteiger partial charge in [-0.05, 0) is 36.9 Å². The standard InChI is InChI=1S/C24H27N5OS/c1-28(15-18-8-10-21(30-2)11-9-18)31-22-16-29(17-22)24-12-23(25)19(14-27-24)13-26-20-6-4-3-5-7-20/h3-14,22H,15-17H2,1-2H3,(H2,25,27). The molecule has 0 amide bonds. The molecule has 1 aliphatic heterocycles. The van der Waals surface area contributed by atoms with E-state index >= 15 is 0 Å². The van der Waals surface area contributed by atoms with Crippen LogP contribution in [0, 0.1) is 0 Å². The van der Waals surface area contributed by atoms with E-state index in [1.54, 1.807) is 19.5 Å². The highest BCUT2D eigenvalue weighted by molar-refractivity contribution is 7.97. The van der Waals surface area contributed by atoms with Crippen LogP contribution in [0.15, 0.2) is 71.9 Å². The molecule has 3 aromatic rings. The van der Waals surface area contributed by atoms with Gasteiger partial charge in [-0.3, -0.25) is 4.99 Å². The van der Waals surface area contributed by atoms with Crippen molar-refractivity contribution in [1.82, 2.24) is 9.29 Å². The van der Waals surface area contributed by atoms with Crippen molar-refractivity contribution in [3.05, 3.63) is 78.0 Å². The molecular weight excluding hydrogens is 406 g/mol. The van der Waals surface area contributed by atoms with Gasteiger partial charge in [0.05, 0.1) is 18.0 Å². The van der Waals surface area contributed by atoms with E-state index in [0.29, 0.717) is 10.9 Å². The summed E-state index contributed by atoms with van der Waals surface area (Å²) in [5.74, 6) is 1.81. The van der Waals surface area contributed by atoms with Crippen LogP contribution in [0.4, 0.5) is 17.2 Å². The number of methoxy groups -OCH3 is 1. The maximum atomic E-state index is 6.24. The summed E-state index contributed by atoms with van der Waals surface area (Å²) in [5.41, 5.74) is 9.94. The summed E-state index contributed by atoms with van der Waals surface area (Å²) in [6.45, 7) is 2.81. The highest BCUT2D eigenvalue weighted by atomic mass is 32.2. The van der Waals surface area contributed by atoms with Crippen molar-refractivity contribution in [1.29, 1.82) is 0 Å². The normalized spacial score (nSPS) is 14.2. The fraction of sp³-hybridized carbons (Fsp3) is 0.250. The lowest BCUT2D eigenvalue weighted by molar-refractivity contribution is 0.414. The first-order chi connectivity index (χ1) is 15.1. The molecule has 7 heteroatoms. The van der Waals surface area contributed by atoms with Gasteiger partial charge in [-0.1, -0.05) is 42.3 Å². The molecule has 0 radical (unpaired) electrons. The van der Waals surface area contributed by atoms with Gasteiger partial charge >= 0.3 is 0 Å². The minimum Gasteiger partial charge on any atom is -0.497 e. The van der Waals surface area contributed by atoms with Crippen molar-refractivity contribution in [2.24, 2.45) is 4.99 Å². The number of nitrogens with zero attached hydrogens (tertiary/aromatic N) is 4. The van der Waals surface area contributed by atoms with E-state index in [1.807, 2.05) is 60.5 Å². The number of anilines is 2. The second-order valence-electron chi connectivity index (χ2n) is 7.53. The molecule has 0 saturated carbocycles. The number of nitrogens with two attached hydrogens (primary N) is 1. The first-order valence-electron chi connectivity index (χ1n) is 10.2. The summed E-state index contributed by atoms with van der Waals surface area (Å²) in [5, 5.41) is 0.547. The van der Waals surface area contributed by atoms with E-state index in [-0.39, 0.29) is 0 Å². The zero-order valence-corrected chi connectivity index (χ0v) is 18.6. The van der Waals surface area contributed by atoms with Gasteiger partial charge in [-0.2, -0.15) is 0 Å². The van der Waals surface area contributed by atoms with Crippen molar-refractivity contribution in [2.75, 3.05) is 37.9 Å². The molecule has 2 aromatic carbocycles. The predicted molar refractivity (Wildman–Crippen MR) is 130 cm³/mol. The molecule has 31 heavy (non-hydrogen) atoms. The zero-order chi connectivity index (χ0) is 21.6. The molecule has 4 rings (SSSR count). The number of aromatic nitrogens is 1. The SMILES string of the molecule is COc1ccc(CN(C)SC2CN(c3cc(N)c(C=Nc4ccccc4)cn3)C2)cc1. The van der Waals surface area contributed by atoms with Gasteiger partial charge in [0, 0.05) is 49.4 Å². The Morgan fingerprint density at radius 3 is 2.61 bits per heavy atom. The van der Waals surface area contributed by atoms with Crippen molar-refractivity contribution < 1.29 is 4.74 Å². The Morgan fingerprint density at radius 2 is 1.94 bits per heavy atom. The first kappa shape index (κ1) is 21.2. The Bertz CT molecular complexity index is 1020. The minimum atomic E-state index is 0.547. The number of rotatable bonds is 8. The number of nitrogen functional groups attached to an aromatic ring is 1. The highest BCUT2D eigenvalue weighted by Crippen LogP contribution is 2.30. The topological polar surface area (TPSA) is 67.0 Å². The second kappa shape index (κ2) is 9.85. The molecular formula is C24H27N5OS. The van der Waals surface area contributed by atoms with Gasteiger partial charge in [0.2, 0.25) is 0 Å². The van der Waals surface area contributed by atoms with E-state index in [1.165, 1.54) is 5.56 Å². The largest absolute Gasteiger partial charge is 0.497 e. The Hall–Kier alpha value is -3.03. The quantitative estimate of drug-likeness (QED) is 0.420. The molecule has 0 aliphatic carbocycles. The lowest BCUT2D eigenvalue weighted by atomic mass is 10.2. The van der Waals surface area contributed by atoms with E-state index in [4.69, 9.17) is 10.5 Å². The lowest BCUT2D eigenvalue weighted by Gasteiger charge is -2.41. The Morgan fingerprint density at radius 1 is 1.19 bits per heavy atom. The van der Waals surface area contributed by atoms with E-state index < -0.39 is 0 Å². The molecule has 0 unspecified atom stereocenters. The van der Waals surface area contributed by atoms with Crippen LogP contribution in [0.3, 0.4) is 0 Å². The fourth-order valence-electron chi connectivity index (χ4n) is 3.38. The van der Waals surface area contributed by atoms with E-state index in [2.05, 4.69) is 38.4 Å². The van der Waals surface area contributed by atoms with Crippen LogP contribution in [0.25, 0.3) is 0 Å². The number of hydrogen-bond donors (Lipinski definition) is 1. The van der Waals surface area contributed by atoms with Crippen molar-refractivity contribution >= 4 is 35.4 Å². The summed E-state index contributed by atoms with van der Waals surface area (Å²) in [6.07, 6.45) is 3.57. The van der Waals surface area contributed by atoms with Crippen LogP contribution in [-0.2, 0) is 6.54 Å². The summed E-state index contributed by atoms with van der Waals surface area (Å²) in [6, 6.07) is 20.0. The number of ether oxygens (including phenoxy) is 1. The summed E-state index contributed by atoms with van der Waals surface area (Å²) >= 11 is 1.88. The van der Waals surface area contributed by atoms with Crippen molar-refractivity contribution in [3.8, 4) is 5.75 Å². The molecule has 0 bridgehead atoms. The van der Waals surface area contributed by atoms with E-state index in [0.717, 1.165) is 42.5 Å². The van der Waals surface area contributed by atoms with Crippen molar-refractivity contribution in [2.45, 2.75) is 11.8 Å². The van der Waals surface area contributed by atoms with Crippen LogP contribution in [0.5, 0.6) is 5.75 Å². The molecule has 0 atom stereocenters. The third kappa shape index (κ3) is 5.57. The summed E-state index contributed by atoms with van der Waals surface area (Å²) in [4.78, 5) is 11.3. The van der Waals surface area contributed by atoms with Crippen LogP contribution >= 0.6 is 11.9 Å². The summed E-state index contributed by atoms with van der Waals surface area (Å²) in [7, 11) is 3.82. The smallest absolute Gasteiger partial charge is 0.130 e. The van der Waals surface area contributed by atoms with Crippen LogP contribution < -0.4 is 15.4 Å². The molecule has 1 fully saturated rings. The Labute approximate surface area is 187 Å². The van der Waals surface area contributed by atoms with Gasteiger partial charge in [-0.15, -0.1) is 0 Å². The first-order valence-corrected chi connectivity index (χ1v) is 11.0. The molecule has 1 aromatic heterocycles. The molecule has 0 spiro atoms.